The molecule has 1 aromatic heterocycles. The number of nitrogens with one attached hydrogen (secondary N) is 1. The lowest BCUT2D eigenvalue weighted by Gasteiger charge is -2.37. The highest BCUT2D eigenvalue weighted by atomic mass is 32.1. The number of carbonyl (C=O) groups is 1. The van der Waals surface area contributed by atoms with E-state index in [4.69, 9.17) is 4.74 Å². The van der Waals surface area contributed by atoms with Gasteiger partial charge in [0, 0.05) is 43.4 Å². The van der Waals surface area contributed by atoms with Crippen LogP contribution in [-0.4, -0.2) is 48.1 Å². The lowest BCUT2D eigenvalue weighted by Crippen LogP contribution is -2.50. The third-order valence-electron chi connectivity index (χ3n) is 3.82. The first-order valence-electron chi connectivity index (χ1n) is 7.59. The molecule has 2 atom stereocenters. The second-order valence-corrected chi connectivity index (χ2v) is 6.98. The number of thiazole rings is 1. The largest absolute Gasteiger partial charge is 0.372 e. The fourth-order valence-electron chi connectivity index (χ4n) is 2.73. The zero-order valence-corrected chi connectivity index (χ0v) is 13.9. The van der Waals surface area contributed by atoms with E-state index in [-0.39, 0.29) is 18.6 Å². The van der Waals surface area contributed by atoms with E-state index in [0.29, 0.717) is 12.5 Å². The summed E-state index contributed by atoms with van der Waals surface area (Å²) in [5.74, 6) is 0.457. The maximum absolute atomic E-state index is 11.7. The van der Waals surface area contributed by atoms with Crippen LogP contribution in [0.4, 0.5) is 0 Å². The molecule has 1 saturated heterocycles. The molecule has 0 spiro atoms. The number of likely N-dealkylation sites (tertiary alicyclic amines) is 1. The molecule has 0 radical (unpaired) electrons. The van der Waals surface area contributed by atoms with Gasteiger partial charge in [0.05, 0.1) is 5.01 Å². The molecule has 1 fully saturated rings. The van der Waals surface area contributed by atoms with Crippen molar-refractivity contribution in [2.24, 2.45) is 5.92 Å². The average Bonchev–Trinajstić information content (AvgIpc) is 2.85. The predicted molar refractivity (Wildman–Crippen MR) is 84.3 cm³/mol. The monoisotopic (exact) mass is 311 g/mol. The predicted octanol–water partition coefficient (Wildman–Crippen LogP) is 1.81. The van der Waals surface area contributed by atoms with E-state index in [2.05, 4.69) is 22.1 Å². The summed E-state index contributed by atoms with van der Waals surface area (Å²) in [5, 5.41) is 4.21. The van der Waals surface area contributed by atoms with Crippen molar-refractivity contribution in [1.82, 2.24) is 15.2 Å². The quantitative estimate of drug-likeness (QED) is 0.870. The maximum Gasteiger partial charge on any atom is 0.246 e. The van der Waals surface area contributed by atoms with Gasteiger partial charge in [0.25, 0.3) is 0 Å². The third kappa shape index (κ3) is 5.05. The van der Waals surface area contributed by atoms with Gasteiger partial charge in [-0.3, -0.25) is 9.69 Å². The first-order valence-corrected chi connectivity index (χ1v) is 8.41. The summed E-state index contributed by atoms with van der Waals surface area (Å²) in [7, 11) is 0. The van der Waals surface area contributed by atoms with Crippen LogP contribution >= 0.6 is 11.3 Å². The highest BCUT2D eigenvalue weighted by Gasteiger charge is 2.27. The SMILES string of the molecule is CCOCC(=O)N[C@H]1CCN(Cc2cnc(C)s2)C[C@@H]1C. The van der Waals surface area contributed by atoms with Gasteiger partial charge in [-0.05, 0) is 26.2 Å². The normalized spacial score (nSPS) is 23.2. The van der Waals surface area contributed by atoms with E-state index in [1.54, 1.807) is 11.3 Å². The van der Waals surface area contributed by atoms with Gasteiger partial charge in [0.1, 0.15) is 6.61 Å². The maximum atomic E-state index is 11.7. The van der Waals surface area contributed by atoms with Crippen molar-refractivity contribution in [3.8, 4) is 0 Å². The van der Waals surface area contributed by atoms with Crippen molar-refractivity contribution in [2.45, 2.75) is 39.8 Å². The van der Waals surface area contributed by atoms with Crippen LogP contribution in [0.2, 0.25) is 0 Å². The van der Waals surface area contributed by atoms with Gasteiger partial charge < -0.3 is 10.1 Å². The molecule has 2 rings (SSSR count). The van der Waals surface area contributed by atoms with Gasteiger partial charge in [-0.1, -0.05) is 6.92 Å². The first kappa shape index (κ1) is 16.4. The number of amides is 1. The summed E-state index contributed by atoms with van der Waals surface area (Å²) in [4.78, 5) is 19.8. The number of rotatable bonds is 6. The highest BCUT2D eigenvalue weighted by Crippen LogP contribution is 2.21. The van der Waals surface area contributed by atoms with Crippen LogP contribution in [0.5, 0.6) is 0 Å². The van der Waals surface area contributed by atoms with Crippen molar-refractivity contribution in [3.63, 3.8) is 0 Å². The molecule has 5 nitrogen and oxygen atoms in total. The van der Waals surface area contributed by atoms with Crippen molar-refractivity contribution in [3.05, 3.63) is 16.1 Å². The smallest absolute Gasteiger partial charge is 0.246 e. The molecule has 1 N–H and O–H groups in total. The molecule has 1 aliphatic heterocycles. The molecule has 1 aliphatic rings. The second-order valence-electron chi connectivity index (χ2n) is 5.66. The molecule has 0 aromatic carbocycles. The molecule has 0 aliphatic carbocycles. The summed E-state index contributed by atoms with van der Waals surface area (Å²) < 4.78 is 5.15. The molecular weight excluding hydrogens is 286 g/mol. The van der Waals surface area contributed by atoms with Crippen LogP contribution in [0, 0.1) is 12.8 Å². The van der Waals surface area contributed by atoms with E-state index in [1.165, 1.54) is 4.88 Å². The van der Waals surface area contributed by atoms with Crippen molar-refractivity contribution in [2.75, 3.05) is 26.3 Å². The van der Waals surface area contributed by atoms with Crippen molar-refractivity contribution < 1.29 is 9.53 Å². The molecule has 0 unspecified atom stereocenters. The number of aryl methyl sites for hydroxylation is 1. The molecule has 0 bridgehead atoms. The fourth-order valence-corrected chi connectivity index (χ4v) is 3.57. The second kappa shape index (κ2) is 7.87. The summed E-state index contributed by atoms with van der Waals surface area (Å²) in [6.07, 6.45) is 2.97. The Kier molecular flexibility index (Phi) is 6.14. The van der Waals surface area contributed by atoms with Crippen molar-refractivity contribution >= 4 is 17.2 Å². The standard InChI is InChI=1S/C15H25N3O2S/c1-4-20-10-15(19)17-14-5-6-18(8-11(14)2)9-13-7-16-12(3)21-13/h7,11,14H,4-6,8-10H2,1-3H3,(H,17,19)/t11-,14-/m0/s1. The van der Waals surface area contributed by atoms with E-state index in [9.17, 15) is 4.79 Å². The molecular formula is C15H25N3O2S. The van der Waals surface area contributed by atoms with Crippen LogP contribution in [0.3, 0.4) is 0 Å². The van der Waals surface area contributed by atoms with Crippen LogP contribution in [0.15, 0.2) is 6.20 Å². The van der Waals surface area contributed by atoms with E-state index >= 15 is 0 Å². The Hall–Kier alpha value is -0.980. The van der Waals surface area contributed by atoms with E-state index in [0.717, 1.165) is 31.1 Å². The van der Waals surface area contributed by atoms with Gasteiger partial charge >= 0.3 is 0 Å². The fraction of sp³-hybridized carbons (Fsp3) is 0.733. The summed E-state index contributed by atoms with van der Waals surface area (Å²) >= 11 is 1.76. The average molecular weight is 311 g/mol. The van der Waals surface area contributed by atoms with E-state index in [1.807, 2.05) is 20.0 Å². The zero-order chi connectivity index (χ0) is 15.2. The number of nitrogens with zero attached hydrogens (tertiary/aromatic N) is 2. The Balaban J connectivity index is 1.77. The highest BCUT2D eigenvalue weighted by molar-refractivity contribution is 7.11. The Labute approximate surface area is 130 Å². The Morgan fingerprint density at radius 1 is 1.62 bits per heavy atom. The van der Waals surface area contributed by atoms with Gasteiger partial charge in [-0.2, -0.15) is 0 Å². The van der Waals surface area contributed by atoms with Crippen LogP contribution in [-0.2, 0) is 16.1 Å². The number of hydrogen-bond donors (Lipinski definition) is 1. The summed E-state index contributed by atoms with van der Waals surface area (Å²) in [6, 6.07) is 0.261. The molecule has 6 heteroatoms. The third-order valence-corrected chi connectivity index (χ3v) is 4.72. The van der Waals surface area contributed by atoms with Crippen molar-refractivity contribution in [1.29, 1.82) is 0 Å². The minimum absolute atomic E-state index is 0.000214. The van der Waals surface area contributed by atoms with Gasteiger partial charge in [0.2, 0.25) is 5.91 Å². The Morgan fingerprint density at radius 2 is 2.43 bits per heavy atom. The number of hydrogen-bond acceptors (Lipinski definition) is 5. The van der Waals surface area contributed by atoms with Gasteiger partial charge in [0.15, 0.2) is 0 Å². The number of carbonyl (C=O) groups excluding carboxylic acids is 1. The summed E-state index contributed by atoms with van der Waals surface area (Å²) in [5.41, 5.74) is 0. The minimum atomic E-state index is 0.000214. The van der Waals surface area contributed by atoms with Gasteiger partial charge in [-0.25, -0.2) is 4.98 Å². The molecule has 21 heavy (non-hydrogen) atoms. The summed E-state index contributed by atoms with van der Waals surface area (Å²) in [6.45, 7) is 9.88. The minimum Gasteiger partial charge on any atom is -0.372 e. The lowest BCUT2D eigenvalue weighted by molar-refractivity contribution is -0.127. The van der Waals surface area contributed by atoms with Crippen LogP contribution in [0.1, 0.15) is 30.2 Å². The van der Waals surface area contributed by atoms with Crippen LogP contribution in [0.25, 0.3) is 0 Å². The van der Waals surface area contributed by atoms with Crippen LogP contribution < -0.4 is 5.32 Å². The Bertz CT molecular complexity index is 464. The number of aromatic nitrogens is 1. The number of ether oxygens (including phenoxy) is 1. The Morgan fingerprint density at radius 3 is 3.05 bits per heavy atom. The van der Waals surface area contributed by atoms with E-state index < -0.39 is 0 Å². The zero-order valence-electron chi connectivity index (χ0n) is 13.1. The molecule has 1 aromatic rings. The van der Waals surface area contributed by atoms with Gasteiger partial charge in [-0.15, -0.1) is 11.3 Å². The molecule has 118 valence electrons. The molecule has 1 amide bonds. The lowest BCUT2D eigenvalue weighted by atomic mass is 9.94. The number of piperidine rings is 1. The molecule has 2 heterocycles. The topological polar surface area (TPSA) is 54.5 Å². The molecule has 0 saturated carbocycles. The first-order chi connectivity index (χ1) is 10.1.